The van der Waals surface area contributed by atoms with E-state index in [0.717, 1.165) is 0 Å². The Morgan fingerprint density at radius 1 is 1.15 bits per heavy atom. The summed E-state index contributed by atoms with van der Waals surface area (Å²) in [6, 6.07) is 9.96. The van der Waals surface area contributed by atoms with Crippen LogP contribution in [-0.2, 0) is 0 Å². The molecule has 0 fully saturated rings. The molecule has 1 aliphatic rings. The molecule has 0 unspecified atom stereocenters. The lowest BCUT2D eigenvalue weighted by atomic mass is 10.1. The Labute approximate surface area is 164 Å². The highest BCUT2D eigenvalue weighted by Crippen LogP contribution is 2.33. The van der Waals surface area contributed by atoms with Crippen LogP contribution in [0.15, 0.2) is 36.4 Å². The van der Waals surface area contributed by atoms with Gasteiger partial charge in [-0.1, -0.05) is 23.2 Å². The molecule has 0 aliphatic carbocycles. The lowest BCUT2D eigenvalue weighted by Crippen LogP contribution is -2.15. The fourth-order valence-corrected chi connectivity index (χ4v) is 2.90. The zero-order valence-corrected chi connectivity index (χ0v) is 15.6. The third kappa shape index (κ3) is 3.31. The van der Waals surface area contributed by atoms with E-state index in [0.29, 0.717) is 45.1 Å². The number of nitrogens with zero attached hydrogens (tertiary/aromatic N) is 3. The number of fused-ring (bicyclic) bond motifs is 1. The fourth-order valence-electron chi connectivity index (χ4n) is 2.60. The van der Waals surface area contributed by atoms with Crippen molar-refractivity contribution >= 4 is 29.1 Å². The number of carbonyl (C=O) groups is 1. The van der Waals surface area contributed by atoms with E-state index < -0.39 is 5.91 Å². The van der Waals surface area contributed by atoms with Crippen molar-refractivity contribution in [2.45, 2.75) is 6.92 Å². The Morgan fingerprint density at radius 2 is 1.96 bits per heavy atom. The van der Waals surface area contributed by atoms with Crippen molar-refractivity contribution < 1.29 is 19.0 Å². The van der Waals surface area contributed by atoms with Crippen molar-refractivity contribution in [2.75, 3.05) is 13.4 Å². The van der Waals surface area contributed by atoms with Gasteiger partial charge in [-0.2, -0.15) is 9.67 Å². The first-order valence-corrected chi connectivity index (χ1v) is 8.82. The smallest absolute Gasteiger partial charge is 0.336 e. The van der Waals surface area contributed by atoms with Crippen LogP contribution in [0.5, 0.6) is 17.5 Å². The molecule has 138 valence electrons. The molecule has 7 nitrogen and oxygen atoms in total. The molecule has 0 atom stereocenters. The van der Waals surface area contributed by atoms with Gasteiger partial charge in [0, 0.05) is 11.1 Å². The quantitative estimate of drug-likeness (QED) is 0.651. The highest BCUT2D eigenvalue weighted by atomic mass is 35.5. The molecule has 9 heteroatoms. The molecular formula is C18H13Cl2N3O4. The highest BCUT2D eigenvalue weighted by Gasteiger charge is 2.23. The minimum Gasteiger partial charge on any atom is -0.463 e. The zero-order valence-electron chi connectivity index (χ0n) is 14.1. The molecule has 0 spiro atoms. The maximum Gasteiger partial charge on any atom is 0.336 e. The van der Waals surface area contributed by atoms with Crippen molar-refractivity contribution in [2.24, 2.45) is 0 Å². The average molecular weight is 406 g/mol. The van der Waals surface area contributed by atoms with E-state index >= 15 is 0 Å². The summed E-state index contributed by atoms with van der Waals surface area (Å²) >= 11 is 12.1. The predicted octanol–water partition coefficient (Wildman–Crippen LogP) is 4.07. The monoisotopic (exact) mass is 405 g/mol. The van der Waals surface area contributed by atoms with E-state index in [1.54, 1.807) is 43.3 Å². The molecule has 0 bridgehead atoms. The maximum atomic E-state index is 13.1. The van der Waals surface area contributed by atoms with Crippen molar-refractivity contribution in [3.63, 3.8) is 0 Å². The van der Waals surface area contributed by atoms with Crippen molar-refractivity contribution in [1.29, 1.82) is 0 Å². The second kappa shape index (κ2) is 7.09. The highest BCUT2D eigenvalue weighted by molar-refractivity contribution is 6.42. The summed E-state index contributed by atoms with van der Waals surface area (Å²) in [5.74, 6) is 0.986. The molecule has 27 heavy (non-hydrogen) atoms. The van der Waals surface area contributed by atoms with E-state index in [9.17, 15) is 4.79 Å². The van der Waals surface area contributed by atoms with Gasteiger partial charge in [-0.05, 0) is 43.3 Å². The van der Waals surface area contributed by atoms with Crippen LogP contribution in [0.1, 0.15) is 17.3 Å². The Kier molecular flexibility index (Phi) is 4.63. The standard InChI is InChI=1S/C18H13Cl2N3O4/c1-2-25-18-21-16(10-3-5-12(19)13(20)7-10)23(22-18)17(24)11-4-6-14-15(8-11)27-9-26-14/h3-8H,2,9H2,1H3. The summed E-state index contributed by atoms with van der Waals surface area (Å²) in [5.41, 5.74) is 0.949. The van der Waals surface area contributed by atoms with Gasteiger partial charge in [-0.3, -0.25) is 4.79 Å². The lowest BCUT2D eigenvalue weighted by Gasteiger charge is -2.06. The van der Waals surface area contributed by atoms with Crippen LogP contribution >= 0.6 is 23.2 Å². The number of rotatable bonds is 4. The van der Waals surface area contributed by atoms with Gasteiger partial charge in [0.2, 0.25) is 6.79 Å². The SMILES string of the molecule is CCOc1nc(-c2ccc(Cl)c(Cl)c2)n(C(=O)c2ccc3c(c2)OCO3)n1. The summed E-state index contributed by atoms with van der Waals surface area (Å²) in [6.07, 6.45) is 0. The summed E-state index contributed by atoms with van der Waals surface area (Å²) in [6.45, 7) is 2.29. The Balaban J connectivity index is 1.79. The Morgan fingerprint density at radius 3 is 2.74 bits per heavy atom. The van der Waals surface area contributed by atoms with E-state index in [1.807, 2.05) is 0 Å². The third-order valence-electron chi connectivity index (χ3n) is 3.85. The van der Waals surface area contributed by atoms with E-state index in [4.69, 9.17) is 37.4 Å². The minimum absolute atomic E-state index is 0.0904. The third-order valence-corrected chi connectivity index (χ3v) is 4.59. The molecule has 0 saturated heterocycles. The number of hydrogen-bond acceptors (Lipinski definition) is 6. The van der Waals surface area contributed by atoms with Gasteiger partial charge in [0.25, 0.3) is 5.91 Å². The van der Waals surface area contributed by atoms with Gasteiger partial charge in [0.15, 0.2) is 17.3 Å². The first-order chi connectivity index (χ1) is 13.1. The van der Waals surface area contributed by atoms with Gasteiger partial charge >= 0.3 is 6.01 Å². The molecule has 0 radical (unpaired) electrons. The molecule has 4 rings (SSSR count). The van der Waals surface area contributed by atoms with Gasteiger partial charge in [-0.25, -0.2) is 0 Å². The second-order valence-electron chi connectivity index (χ2n) is 5.56. The molecule has 0 amide bonds. The number of carbonyl (C=O) groups excluding carboxylic acids is 1. The summed E-state index contributed by atoms with van der Waals surface area (Å²) in [7, 11) is 0. The van der Waals surface area contributed by atoms with E-state index in [1.165, 1.54) is 4.68 Å². The molecule has 2 aromatic carbocycles. The number of hydrogen-bond donors (Lipinski definition) is 0. The largest absolute Gasteiger partial charge is 0.463 e. The van der Waals surface area contributed by atoms with Crippen LogP contribution in [0.4, 0.5) is 0 Å². The van der Waals surface area contributed by atoms with Gasteiger partial charge in [-0.15, -0.1) is 5.10 Å². The average Bonchev–Trinajstić information content (AvgIpc) is 3.30. The van der Waals surface area contributed by atoms with Gasteiger partial charge in [0.05, 0.1) is 16.7 Å². The molecular weight excluding hydrogens is 393 g/mol. The minimum atomic E-state index is -0.396. The number of aromatic nitrogens is 3. The molecule has 1 aliphatic heterocycles. The van der Waals surface area contributed by atoms with Crippen LogP contribution in [0.3, 0.4) is 0 Å². The summed E-state index contributed by atoms with van der Waals surface area (Å²) in [4.78, 5) is 17.4. The summed E-state index contributed by atoms with van der Waals surface area (Å²) in [5, 5.41) is 4.93. The van der Waals surface area contributed by atoms with Crippen molar-refractivity contribution in [3.05, 3.63) is 52.0 Å². The number of benzene rings is 2. The molecule has 0 saturated carbocycles. The van der Waals surface area contributed by atoms with Crippen molar-refractivity contribution in [3.8, 4) is 28.9 Å². The van der Waals surface area contributed by atoms with E-state index in [-0.39, 0.29) is 12.8 Å². The van der Waals surface area contributed by atoms with E-state index in [2.05, 4.69) is 10.1 Å². The predicted molar refractivity (Wildman–Crippen MR) is 98.9 cm³/mol. The van der Waals surface area contributed by atoms with Gasteiger partial charge in [0.1, 0.15) is 0 Å². The molecule has 1 aromatic heterocycles. The lowest BCUT2D eigenvalue weighted by molar-refractivity contribution is 0.0944. The van der Waals surface area contributed by atoms with Crippen LogP contribution in [0, 0.1) is 0 Å². The Bertz CT molecular complexity index is 1040. The van der Waals surface area contributed by atoms with Crippen molar-refractivity contribution in [1.82, 2.24) is 14.8 Å². The second-order valence-corrected chi connectivity index (χ2v) is 6.38. The van der Waals surface area contributed by atoms with Crippen LogP contribution in [0.25, 0.3) is 11.4 Å². The normalized spacial score (nSPS) is 12.3. The molecule has 2 heterocycles. The molecule has 3 aromatic rings. The number of halogens is 2. The topological polar surface area (TPSA) is 75.5 Å². The fraction of sp³-hybridized carbons (Fsp3) is 0.167. The molecule has 0 N–H and O–H groups in total. The Hall–Kier alpha value is -2.77. The van der Waals surface area contributed by atoms with Gasteiger partial charge < -0.3 is 14.2 Å². The van der Waals surface area contributed by atoms with Crippen LogP contribution in [0.2, 0.25) is 10.0 Å². The van der Waals surface area contributed by atoms with Crippen LogP contribution < -0.4 is 14.2 Å². The zero-order chi connectivity index (χ0) is 19.0. The summed E-state index contributed by atoms with van der Waals surface area (Å²) < 4.78 is 17.1. The first-order valence-electron chi connectivity index (χ1n) is 8.06. The maximum absolute atomic E-state index is 13.1. The first kappa shape index (κ1) is 17.6. The van der Waals surface area contributed by atoms with Crippen LogP contribution in [-0.4, -0.2) is 34.1 Å². The number of ether oxygens (including phenoxy) is 3.